The van der Waals surface area contributed by atoms with E-state index in [1.165, 1.54) is 23.5 Å². The predicted octanol–water partition coefficient (Wildman–Crippen LogP) is 4.45. The lowest BCUT2D eigenvalue weighted by atomic mass is 10.1. The molecule has 3 aromatic heterocycles. The number of aromatic nitrogens is 5. The second kappa shape index (κ2) is 8.05. The van der Waals surface area contributed by atoms with Gasteiger partial charge in [-0.2, -0.15) is 4.98 Å². The van der Waals surface area contributed by atoms with E-state index in [0.29, 0.717) is 23.3 Å². The van der Waals surface area contributed by atoms with Crippen molar-refractivity contribution in [3.8, 4) is 10.7 Å². The zero-order chi connectivity index (χ0) is 19.3. The molecular formula is C19H16FN7S. The van der Waals surface area contributed by atoms with Crippen molar-refractivity contribution in [2.45, 2.75) is 13.0 Å². The number of nitrogens with zero attached hydrogens (tertiary/aromatic N) is 5. The lowest BCUT2D eigenvalue weighted by Gasteiger charge is -2.16. The maximum absolute atomic E-state index is 13.2. The van der Waals surface area contributed by atoms with Crippen molar-refractivity contribution in [3.05, 3.63) is 71.9 Å². The van der Waals surface area contributed by atoms with Crippen molar-refractivity contribution >= 4 is 28.9 Å². The van der Waals surface area contributed by atoms with Crippen LogP contribution in [0.15, 0.2) is 60.5 Å². The van der Waals surface area contributed by atoms with Crippen molar-refractivity contribution in [1.82, 2.24) is 24.9 Å². The monoisotopic (exact) mass is 393 g/mol. The molecule has 0 spiro atoms. The smallest absolute Gasteiger partial charge is 0.225 e. The molecule has 4 rings (SSSR count). The third-order valence-corrected chi connectivity index (χ3v) is 4.71. The van der Waals surface area contributed by atoms with Crippen molar-refractivity contribution in [1.29, 1.82) is 0 Å². The highest BCUT2D eigenvalue weighted by Crippen LogP contribution is 2.26. The molecule has 7 nitrogen and oxygen atoms in total. The Morgan fingerprint density at radius 1 is 1.00 bits per heavy atom. The van der Waals surface area contributed by atoms with E-state index in [-0.39, 0.29) is 11.9 Å². The van der Waals surface area contributed by atoms with Crippen LogP contribution in [0.5, 0.6) is 0 Å². The minimum atomic E-state index is -0.270. The highest BCUT2D eigenvalue weighted by molar-refractivity contribution is 7.13. The molecule has 1 atom stereocenters. The summed E-state index contributed by atoms with van der Waals surface area (Å²) in [6.07, 6.45) is 6.54. The second-order valence-electron chi connectivity index (χ2n) is 5.93. The van der Waals surface area contributed by atoms with Gasteiger partial charge in [-0.1, -0.05) is 12.1 Å². The maximum Gasteiger partial charge on any atom is 0.225 e. The molecule has 0 saturated carbocycles. The van der Waals surface area contributed by atoms with Crippen molar-refractivity contribution in [2.75, 3.05) is 10.6 Å². The number of benzene rings is 1. The van der Waals surface area contributed by atoms with Crippen LogP contribution in [0.1, 0.15) is 18.5 Å². The molecule has 140 valence electrons. The molecule has 0 radical (unpaired) electrons. The molecule has 3 heterocycles. The Labute approximate surface area is 164 Å². The standard InChI is InChI=1S/C19H16FN7S/c1-12(13-2-4-14(20)5-3-13)24-19-25-15(18-23-8-9-28-18)10-16(27-19)26-17-11-21-6-7-22-17/h2-12H,1H3,(H2,22,24,25,26,27)/t12-/m0/s1. The van der Waals surface area contributed by atoms with E-state index in [1.807, 2.05) is 12.3 Å². The van der Waals surface area contributed by atoms with Gasteiger partial charge in [-0.25, -0.2) is 19.3 Å². The first-order valence-electron chi connectivity index (χ1n) is 8.51. The zero-order valence-corrected chi connectivity index (χ0v) is 15.7. The van der Waals surface area contributed by atoms with Gasteiger partial charge in [0.1, 0.15) is 28.2 Å². The van der Waals surface area contributed by atoms with Crippen LogP contribution in [0.25, 0.3) is 10.7 Å². The fourth-order valence-electron chi connectivity index (χ4n) is 2.56. The highest BCUT2D eigenvalue weighted by atomic mass is 32.1. The highest BCUT2D eigenvalue weighted by Gasteiger charge is 2.12. The Balaban J connectivity index is 1.64. The van der Waals surface area contributed by atoms with E-state index < -0.39 is 0 Å². The molecule has 0 aliphatic carbocycles. The van der Waals surface area contributed by atoms with Gasteiger partial charge < -0.3 is 10.6 Å². The van der Waals surface area contributed by atoms with Crippen molar-refractivity contribution < 1.29 is 4.39 Å². The van der Waals surface area contributed by atoms with Gasteiger partial charge in [0.25, 0.3) is 0 Å². The number of rotatable bonds is 6. The Kier molecular flexibility index (Phi) is 5.16. The molecule has 4 aromatic rings. The molecule has 0 aliphatic rings. The molecule has 0 saturated heterocycles. The van der Waals surface area contributed by atoms with E-state index in [0.717, 1.165) is 10.6 Å². The molecule has 28 heavy (non-hydrogen) atoms. The minimum Gasteiger partial charge on any atom is -0.348 e. The summed E-state index contributed by atoms with van der Waals surface area (Å²) in [5, 5.41) is 9.06. The van der Waals surface area contributed by atoms with Gasteiger partial charge in [-0.05, 0) is 24.6 Å². The van der Waals surface area contributed by atoms with E-state index in [2.05, 4.69) is 35.6 Å². The molecule has 0 bridgehead atoms. The molecule has 2 N–H and O–H groups in total. The van der Waals surface area contributed by atoms with E-state index >= 15 is 0 Å². The predicted molar refractivity (Wildman–Crippen MR) is 107 cm³/mol. The number of halogens is 1. The molecule has 0 aliphatic heterocycles. The zero-order valence-electron chi connectivity index (χ0n) is 14.9. The second-order valence-corrected chi connectivity index (χ2v) is 6.83. The van der Waals surface area contributed by atoms with Crippen molar-refractivity contribution in [3.63, 3.8) is 0 Å². The summed E-state index contributed by atoms with van der Waals surface area (Å²) in [6, 6.07) is 8.02. The number of anilines is 3. The van der Waals surface area contributed by atoms with Crippen LogP contribution in [-0.4, -0.2) is 24.9 Å². The molecule has 9 heteroatoms. The first kappa shape index (κ1) is 17.9. The largest absolute Gasteiger partial charge is 0.348 e. The Morgan fingerprint density at radius 2 is 1.86 bits per heavy atom. The van der Waals surface area contributed by atoms with E-state index in [4.69, 9.17) is 0 Å². The molecule has 1 aromatic carbocycles. The lowest BCUT2D eigenvalue weighted by Crippen LogP contribution is -2.11. The molecule has 0 fully saturated rings. The van der Waals surface area contributed by atoms with Crippen LogP contribution in [0.2, 0.25) is 0 Å². The average molecular weight is 393 g/mol. The lowest BCUT2D eigenvalue weighted by molar-refractivity contribution is 0.626. The summed E-state index contributed by atoms with van der Waals surface area (Å²) >= 11 is 1.49. The van der Waals surface area contributed by atoms with Gasteiger partial charge in [-0.15, -0.1) is 11.3 Å². The van der Waals surface area contributed by atoms with Gasteiger partial charge in [-0.3, -0.25) is 4.98 Å². The number of nitrogens with one attached hydrogen (secondary N) is 2. The maximum atomic E-state index is 13.2. The summed E-state index contributed by atoms with van der Waals surface area (Å²) in [4.78, 5) is 21.7. The minimum absolute atomic E-state index is 0.114. The summed E-state index contributed by atoms with van der Waals surface area (Å²) < 4.78 is 13.2. The average Bonchev–Trinajstić information content (AvgIpc) is 3.24. The third-order valence-electron chi connectivity index (χ3n) is 3.91. The fourth-order valence-corrected chi connectivity index (χ4v) is 3.16. The van der Waals surface area contributed by atoms with Gasteiger partial charge in [0.15, 0.2) is 0 Å². The number of thiazole rings is 1. The molecular weight excluding hydrogens is 377 g/mol. The molecule has 0 amide bonds. The Bertz CT molecular complexity index is 1040. The van der Waals surface area contributed by atoms with E-state index in [1.54, 1.807) is 43.0 Å². The summed E-state index contributed by atoms with van der Waals surface area (Å²) in [7, 11) is 0. The van der Waals surface area contributed by atoms with Gasteiger partial charge in [0, 0.05) is 30.0 Å². The number of hydrogen-bond donors (Lipinski definition) is 2. The summed E-state index contributed by atoms with van der Waals surface area (Å²) in [6.45, 7) is 1.96. The summed E-state index contributed by atoms with van der Waals surface area (Å²) in [5.41, 5.74) is 1.61. The first-order chi connectivity index (χ1) is 13.7. The topological polar surface area (TPSA) is 88.5 Å². The van der Waals surface area contributed by atoms with Gasteiger partial charge in [0.2, 0.25) is 5.95 Å². The number of hydrogen-bond acceptors (Lipinski definition) is 8. The Hall–Kier alpha value is -3.46. The van der Waals surface area contributed by atoms with Crippen LogP contribution in [-0.2, 0) is 0 Å². The van der Waals surface area contributed by atoms with Crippen molar-refractivity contribution in [2.24, 2.45) is 0 Å². The van der Waals surface area contributed by atoms with Crippen LogP contribution >= 0.6 is 11.3 Å². The Morgan fingerprint density at radius 3 is 2.57 bits per heavy atom. The molecule has 0 unspecified atom stereocenters. The normalized spacial score (nSPS) is 11.8. The third kappa shape index (κ3) is 4.26. The first-order valence-corrected chi connectivity index (χ1v) is 9.39. The van der Waals surface area contributed by atoms with Crippen LogP contribution in [0.3, 0.4) is 0 Å². The van der Waals surface area contributed by atoms with Gasteiger partial charge >= 0.3 is 0 Å². The fraction of sp³-hybridized carbons (Fsp3) is 0.105. The SMILES string of the molecule is C[C@H](Nc1nc(Nc2cnccn2)cc(-c2nccs2)n1)c1ccc(F)cc1. The van der Waals surface area contributed by atoms with Crippen LogP contribution in [0, 0.1) is 5.82 Å². The van der Waals surface area contributed by atoms with E-state index in [9.17, 15) is 4.39 Å². The van der Waals surface area contributed by atoms with Gasteiger partial charge in [0.05, 0.1) is 12.2 Å². The summed E-state index contributed by atoms with van der Waals surface area (Å²) in [5.74, 6) is 1.29. The van der Waals surface area contributed by atoms with Crippen LogP contribution in [0.4, 0.5) is 22.0 Å². The quantitative estimate of drug-likeness (QED) is 0.500. The van der Waals surface area contributed by atoms with Crippen LogP contribution < -0.4 is 10.6 Å².